The van der Waals surface area contributed by atoms with Gasteiger partial charge in [-0.15, -0.1) is 0 Å². The highest BCUT2D eigenvalue weighted by molar-refractivity contribution is 5.98. The molecule has 2 bridgehead atoms. The number of benzene rings is 1. The molecule has 3 aliphatic heterocycles. The highest BCUT2D eigenvalue weighted by Crippen LogP contribution is 2.30. The van der Waals surface area contributed by atoms with Gasteiger partial charge in [-0.1, -0.05) is 12.1 Å². The molecule has 0 saturated carbocycles. The zero-order valence-corrected chi connectivity index (χ0v) is 13.0. The van der Waals surface area contributed by atoms with Crippen molar-refractivity contribution >= 4 is 5.91 Å². The van der Waals surface area contributed by atoms with Crippen LogP contribution in [0.2, 0.25) is 0 Å². The molecule has 3 heterocycles. The van der Waals surface area contributed by atoms with E-state index in [2.05, 4.69) is 16.3 Å². The van der Waals surface area contributed by atoms with Gasteiger partial charge in [0.05, 0.1) is 6.61 Å². The van der Waals surface area contributed by atoms with Crippen LogP contribution in [-0.2, 0) is 19.4 Å². The minimum Gasteiger partial charge on any atom is -0.392 e. The van der Waals surface area contributed by atoms with E-state index in [4.69, 9.17) is 0 Å². The van der Waals surface area contributed by atoms with E-state index in [1.54, 1.807) is 0 Å². The molecule has 5 rings (SSSR count). The van der Waals surface area contributed by atoms with E-state index in [1.165, 1.54) is 37.1 Å². The van der Waals surface area contributed by atoms with Gasteiger partial charge >= 0.3 is 0 Å². The highest BCUT2D eigenvalue weighted by Gasteiger charge is 2.35. The Morgan fingerprint density at radius 1 is 1.27 bits per heavy atom. The van der Waals surface area contributed by atoms with Gasteiger partial charge in [0.2, 0.25) is 0 Å². The molecule has 1 atom stereocenters. The first-order chi connectivity index (χ1) is 10.8. The van der Waals surface area contributed by atoms with Crippen molar-refractivity contribution in [2.75, 3.05) is 19.6 Å². The molecular formula is C18H24N2O2. The standard InChI is InChI=1S/C18H24N2O2/c21-11-14-5-4-12-2-1-3-15(12)17(14)18(22)19-16-10-20-8-6-13(16)7-9-20/h4-5,13,16,21H,1-3,6-11H2,(H,19,22). The normalized spacial score (nSPS) is 29.4. The second-order valence-electron chi connectivity index (χ2n) is 6.97. The van der Waals surface area contributed by atoms with Crippen molar-refractivity contribution in [3.63, 3.8) is 0 Å². The molecule has 0 aromatic heterocycles. The number of piperidine rings is 3. The van der Waals surface area contributed by atoms with Crippen LogP contribution < -0.4 is 5.32 Å². The van der Waals surface area contributed by atoms with Gasteiger partial charge in [-0.2, -0.15) is 0 Å². The van der Waals surface area contributed by atoms with Crippen LogP contribution in [0.4, 0.5) is 0 Å². The Labute approximate surface area is 131 Å². The summed E-state index contributed by atoms with van der Waals surface area (Å²) in [7, 11) is 0. The van der Waals surface area contributed by atoms with Crippen LogP contribution in [0.15, 0.2) is 12.1 Å². The van der Waals surface area contributed by atoms with Crippen molar-refractivity contribution in [2.45, 2.75) is 44.8 Å². The minimum atomic E-state index is -0.0593. The molecule has 4 nitrogen and oxygen atoms in total. The maximum Gasteiger partial charge on any atom is 0.252 e. The van der Waals surface area contributed by atoms with Crippen LogP contribution in [0.5, 0.6) is 0 Å². The zero-order chi connectivity index (χ0) is 15.1. The van der Waals surface area contributed by atoms with Crippen LogP contribution >= 0.6 is 0 Å². The van der Waals surface area contributed by atoms with E-state index in [1.807, 2.05) is 6.07 Å². The summed E-state index contributed by atoms with van der Waals surface area (Å²) in [6.45, 7) is 3.29. The minimum absolute atomic E-state index is 0.0292. The largest absolute Gasteiger partial charge is 0.392 e. The van der Waals surface area contributed by atoms with Gasteiger partial charge < -0.3 is 15.3 Å². The number of carbonyl (C=O) groups excluding carboxylic acids is 1. The third-order valence-corrected chi connectivity index (χ3v) is 5.74. The second-order valence-corrected chi connectivity index (χ2v) is 6.97. The van der Waals surface area contributed by atoms with Crippen molar-refractivity contribution in [1.29, 1.82) is 0 Å². The maximum absolute atomic E-state index is 12.9. The Morgan fingerprint density at radius 3 is 2.77 bits per heavy atom. The van der Waals surface area contributed by atoms with E-state index >= 15 is 0 Å². The average Bonchev–Trinajstić information content (AvgIpc) is 3.03. The van der Waals surface area contributed by atoms with Gasteiger partial charge in [0.15, 0.2) is 0 Å². The molecule has 1 aliphatic carbocycles. The highest BCUT2D eigenvalue weighted by atomic mass is 16.3. The van der Waals surface area contributed by atoms with Gasteiger partial charge in [0.1, 0.15) is 0 Å². The van der Waals surface area contributed by atoms with E-state index < -0.39 is 0 Å². The van der Waals surface area contributed by atoms with Crippen molar-refractivity contribution < 1.29 is 9.90 Å². The molecule has 1 aromatic rings. The van der Waals surface area contributed by atoms with Gasteiger partial charge in [0, 0.05) is 18.2 Å². The number of rotatable bonds is 3. The first-order valence-corrected chi connectivity index (χ1v) is 8.54. The summed E-state index contributed by atoms with van der Waals surface area (Å²) < 4.78 is 0. The number of nitrogens with zero attached hydrogens (tertiary/aromatic N) is 1. The summed E-state index contributed by atoms with van der Waals surface area (Å²) in [5, 5.41) is 12.9. The molecule has 2 N–H and O–H groups in total. The lowest BCUT2D eigenvalue weighted by molar-refractivity contribution is 0.0618. The van der Waals surface area contributed by atoms with Gasteiger partial charge in [-0.05, 0) is 67.8 Å². The fourth-order valence-electron chi connectivity index (χ4n) is 4.50. The summed E-state index contributed by atoms with van der Waals surface area (Å²) in [5.74, 6) is 0.657. The van der Waals surface area contributed by atoms with Crippen molar-refractivity contribution in [1.82, 2.24) is 10.2 Å². The maximum atomic E-state index is 12.9. The number of nitrogens with one attached hydrogen (secondary N) is 1. The second kappa shape index (κ2) is 5.67. The van der Waals surface area contributed by atoms with E-state index in [0.29, 0.717) is 5.92 Å². The number of fused-ring (bicyclic) bond motifs is 4. The summed E-state index contributed by atoms with van der Waals surface area (Å²) in [6, 6.07) is 4.29. The van der Waals surface area contributed by atoms with Gasteiger partial charge in [0.25, 0.3) is 5.91 Å². The summed E-state index contributed by atoms with van der Waals surface area (Å²) >= 11 is 0. The van der Waals surface area contributed by atoms with Crippen molar-refractivity contribution in [3.8, 4) is 0 Å². The van der Waals surface area contributed by atoms with Crippen LogP contribution in [0.25, 0.3) is 0 Å². The van der Waals surface area contributed by atoms with Gasteiger partial charge in [-0.3, -0.25) is 4.79 Å². The van der Waals surface area contributed by atoms with E-state index in [9.17, 15) is 9.90 Å². The quantitative estimate of drug-likeness (QED) is 0.889. The lowest BCUT2D eigenvalue weighted by Crippen LogP contribution is -2.57. The number of aliphatic hydroxyl groups is 1. The summed E-state index contributed by atoms with van der Waals surface area (Å²) in [5.41, 5.74) is 4.00. The monoisotopic (exact) mass is 300 g/mol. The average molecular weight is 300 g/mol. The Morgan fingerprint density at radius 2 is 2.09 bits per heavy atom. The number of amides is 1. The molecule has 3 fully saturated rings. The number of hydrogen-bond donors (Lipinski definition) is 2. The molecule has 1 amide bonds. The van der Waals surface area contributed by atoms with E-state index in [-0.39, 0.29) is 18.6 Å². The zero-order valence-electron chi connectivity index (χ0n) is 13.0. The topological polar surface area (TPSA) is 52.6 Å². The van der Waals surface area contributed by atoms with Crippen LogP contribution in [0.3, 0.4) is 0 Å². The van der Waals surface area contributed by atoms with Crippen molar-refractivity contribution in [2.24, 2.45) is 5.92 Å². The molecule has 3 saturated heterocycles. The smallest absolute Gasteiger partial charge is 0.252 e. The predicted molar refractivity (Wildman–Crippen MR) is 84.8 cm³/mol. The van der Waals surface area contributed by atoms with E-state index in [0.717, 1.165) is 36.9 Å². The molecule has 4 heteroatoms. The number of hydrogen-bond acceptors (Lipinski definition) is 3. The predicted octanol–water partition coefficient (Wildman–Crippen LogP) is 1.49. The Balaban J connectivity index is 1.59. The molecule has 0 spiro atoms. The molecule has 4 aliphatic rings. The molecule has 1 unspecified atom stereocenters. The van der Waals surface area contributed by atoms with Crippen LogP contribution in [0, 0.1) is 5.92 Å². The van der Waals surface area contributed by atoms with Crippen LogP contribution in [-0.4, -0.2) is 41.6 Å². The fourth-order valence-corrected chi connectivity index (χ4v) is 4.50. The fraction of sp³-hybridized carbons (Fsp3) is 0.611. The first kappa shape index (κ1) is 14.2. The van der Waals surface area contributed by atoms with Crippen LogP contribution in [0.1, 0.15) is 46.3 Å². The Hall–Kier alpha value is -1.39. The number of aryl methyl sites for hydroxylation is 1. The van der Waals surface area contributed by atoms with Crippen molar-refractivity contribution in [3.05, 3.63) is 34.4 Å². The number of aliphatic hydroxyl groups excluding tert-OH is 1. The molecule has 0 radical (unpaired) electrons. The molecule has 118 valence electrons. The lowest BCUT2D eigenvalue weighted by atomic mass is 9.83. The molecular weight excluding hydrogens is 276 g/mol. The Kier molecular flexibility index (Phi) is 3.66. The third-order valence-electron chi connectivity index (χ3n) is 5.74. The molecule has 22 heavy (non-hydrogen) atoms. The number of carbonyl (C=O) groups is 1. The Bertz CT molecular complexity index is 591. The molecule has 1 aromatic carbocycles. The SMILES string of the molecule is O=C(NC1CN2CCC1CC2)c1c(CO)ccc2c1CCC2. The lowest BCUT2D eigenvalue weighted by Gasteiger charge is -2.45. The summed E-state index contributed by atoms with van der Waals surface area (Å²) in [4.78, 5) is 15.3. The first-order valence-electron chi connectivity index (χ1n) is 8.54. The third kappa shape index (κ3) is 2.34. The van der Waals surface area contributed by atoms with Gasteiger partial charge in [-0.25, -0.2) is 0 Å². The summed E-state index contributed by atoms with van der Waals surface area (Å²) in [6.07, 6.45) is 5.53.